The normalized spacial score (nSPS) is 11.4. The van der Waals surface area contributed by atoms with Crippen molar-refractivity contribution in [1.82, 2.24) is 19.7 Å². The summed E-state index contributed by atoms with van der Waals surface area (Å²) in [5.74, 6) is 0.681. The number of amides is 1. The molecule has 0 aliphatic rings. The first-order chi connectivity index (χ1) is 15.7. The molecule has 3 heterocycles. The Morgan fingerprint density at radius 1 is 1.24 bits per heavy atom. The summed E-state index contributed by atoms with van der Waals surface area (Å²) >= 11 is 7.45. The molecule has 0 bridgehead atoms. The number of aromatic amines is 1. The molecule has 0 radical (unpaired) electrons. The molecule has 4 aromatic rings. The average Bonchev–Trinajstić information content (AvgIpc) is 3.45. The van der Waals surface area contributed by atoms with Crippen molar-refractivity contribution in [3.05, 3.63) is 75.0 Å². The van der Waals surface area contributed by atoms with Crippen molar-refractivity contribution in [2.75, 3.05) is 5.32 Å². The molecule has 0 atom stereocenters. The number of hydrogen-bond acceptors (Lipinski definition) is 6. The van der Waals surface area contributed by atoms with Gasteiger partial charge in [0.1, 0.15) is 17.3 Å². The van der Waals surface area contributed by atoms with Gasteiger partial charge in [0, 0.05) is 22.8 Å². The molecular formula is C23H22ClN5O3S. The summed E-state index contributed by atoms with van der Waals surface area (Å²) in [6.45, 7) is 5.23. The number of thiophene rings is 1. The lowest BCUT2D eigenvalue weighted by molar-refractivity contribution is -0.128. The van der Waals surface area contributed by atoms with Crippen LogP contribution in [0, 0.1) is 0 Å². The molecule has 10 heteroatoms. The zero-order valence-corrected chi connectivity index (χ0v) is 19.8. The lowest BCUT2D eigenvalue weighted by Crippen LogP contribution is -2.43. The van der Waals surface area contributed by atoms with Gasteiger partial charge >= 0.3 is 0 Å². The fraction of sp³-hybridized carbons (Fsp3) is 0.217. The second kappa shape index (κ2) is 9.21. The zero-order chi connectivity index (χ0) is 23.6. The molecule has 0 aliphatic heterocycles. The van der Waals surface area contributed by atoms with Crippen LogP contribution in [0.15, 0.2) is 58.7 Å². The molecule has 4 rings (SSSR count). The summed E-state index contributed by atoms with van der Waals surface area (Å²) in [6, 6.07) is 13.8. The number of hydrogen-bond donors (Lipinski definition) is 2. The quantitative estimate of drug-likeness (QED) is 0.397. The van der Waals surface area contributed by atoms with Gasteiger partial charge in [-0.3, -0.25) is 14.6 Å². The molecule has 0 saturated carbocycles. The van der Waals surface area contributed by atoms with Gasteiger partial charge in [0.15, 0.2) is 5.60 Å². The van der Waals surface area contributed by atoms with E-state index in [2.05, 4.69) is 20.4 Å². The van der Waals surface area contributed by atoms with Gasteiger partial charge in [-0.25, -0.2) is 4.98 Å². The van der Waals surface area contributed by atoms with Crippen molar-refractivity contribution in [2.45, 2.75) is 32.8 Å². The first-order valence-corrected chi connectivity index (χ1v) is 11.5. The van der Waals surface area contributed by atoms with Crippen LogP contribution >= 0.6 is 22.9 Å². The topological polar surface area (TPSA) is 102 Å². The number of nitrogens with zero attached hydrogens (tertiary/aromatic N) is 3. The number of carbonyl (C=O) groups is 1. The van der Waals surface area contributed by atoms with E-state index in [9.17, 15) is 9.59 Å². The third-order valence-corrected chi connectivity index (χ3v) is 5.95. The Balaban J connectivity index is 1.68. The monoisotopic (exact) mass is 483 g/mol. The van der Waals surface area contributed by atoms with E-state index in [0.29, 0.717) is 34.4 Å². The number of anilines is 1. The van der Waals surface area contributed by atoms with E-state index in [-0.39, 0.29) is 11.5 Å². The van der Waals surface area contributed by atoms with Gasteiger partial charge in [-0.1, -0.05) is 24.6 Å². The van der Waals surface area contributed by atoms with E-state index < -0.39 is 11.5 Å². The number of H-pyrrole nitrogens is 1. The van der Waals surface area contributed by atoms with Gasteiger partial charge in [0.25, 0.3) is 11.5 Å². The van der Waals surface area contributed by atoms with E-state index in [4.69, 9.17) is 16.3 Å². The van der Waals surface area contributed by atoms with Crippen LogP contribution in [-0.4, -0.2) is 31.3 Å². The van der Waals surface area contributed by atoms with Crippen molar-refractivity contribution in [3.63, 3.8) is 0 Å². The fourth-order valence-electron chi connectivity index (χ4n) is 3.06. The minimum Gasteiger partial charge on any atom is -0.478 e. The van der Waals surface area contributed by atoms with Crippen molar-refractivity contribution in [1.29, 1.82) is 0 Å². The number of nitrogens with one attached hydrogen (secondary N) is 2. The Morgan fingerprint density at radius 2 is 2.00 bits per heavy atom. The molecule has 33 heavy (non-hydrogen) atoms. The summed E-state index contributed by atoms with van der Waals surface area (Å²) in [5.41, 5.74) is -0.251. The predicted octanol–water partition coefficient (Wildman–Crippen LogP) is 4.70. The number of benzene rings is 1. The molecule has 170 valence electrons. The van der Waals surface area contributed by atoms with Crippen molar-refractivity contribution in [3.8, 4) is 22.3 Å². The van der Waals surface area contributed by atoms with Gasteiger partial charge in [-0.2, -0.15) is 9.78 Å². The van der Waals surface area contributed by atoms with Gasteiger partial charge in [0.05, 0.1) is 4.88 Å². The van der Waals surface area contributed by atoms with Crippen LogP contribution in [0.1, 0.15) is 26.5 Å². The maximum atomic E-state index is 13.2. The Labute approximate surface area is 199 Å². The van der Waals surface area contributed by atoms with E-state index in [1.54, 1.807) is 44.2 Å². The van der Waals surface area contributed by atoms with Crippen LogP contribution in [0.5, 0.6) is 5.75 Å². The van der Waals surface area contributed by atoms with E-state index in [1.165, 1.54) is 22.1 Å². The highest BCUT2D eigenvalue weighted by Gasteiger charge is 2.31. The first-order valence-electron chi connectivity index (χ1n) is 10.3. The van der Waals surface area contributed by atoms with E-state index >= 15 is 0 Å². The summed E-state index contributed by atoms with van der Waals surface area (Å²) in [7, 11) is 0. The summed E-state index contributed by atoms with van der Waals surface area (Å²) in [6.07, 6.45) is 0.583. The Bertz CT molecular complexity index is 1330. The SMILES string of the molecule is CCc1cc(=O)[nH]c(-n2nc(-c3cccs3)cc2NC(=O)C(C)(C)Oc2ccc(Cl)cc2)n1. The van der Waals surface area contributed by atoms with Crippen LogP contribution in [0.3, 0.4) is 0 Å². The molecule has 0 spiro atoms. The number of rotatable bonds is 7. The summed E-state index contributed by atoms with van der Waals surface area (Å²) < 4.78 is 7.32. The molecule has 3 aromatic heterocycles. The smallest absolute Gasteiger partial charge is 0.269 e. The largest absolute Gasteiger partial charge is 0.478 e. The zero-order valence-electron chi connectivity index (χ0n) is 18.3. The number of halogens is 1. The number of ether oxygens (including phenoxy) is 1. The van der Waals surface area contributed by atoms with Crippen molar-refractivity contribution < 1.29 is 9.53 Å². The van der Waals surface area contributed by atoms with Crippen LogP contribution in [0.4, 0.5) is 5.82 Å². The average molecular weight is 484 g/mol. The fourth-order valence-corrected chi connectivity index (χ4v) is 3.87. The number of aromatic nitrogens is 4. The molecule has 8 nitrogen and oxygen atoms in total. The van der Waals surface area contributed by atoms with Crippen LogP contribution < -0.4 is 15.6 Å². The highest BCUT2D eigenvalue weighted by Crippen LogP contribution is 2.28. The Hall–Kier alpha value is -3.43. The van der Waals surface area contributed by atoms with Gasteiger partial charge in [-0.05, 0) is 56.0 Å². The van der Waals surface area contributed by atoms with Gasteiger partial charge in [0.2, 0.25) is 5.95 Å². The van der Waals surface area contributed by atoms with Crippen molar-refractivity contribution in [2.24, 2.45) is 0 Å². The molecule has 0 unspecified atom stereocenters. The molecular weight excluding hydrogens is 462 g/mol. The second-order valence-electron chi connectivity index (χ2n) is 7.74. The third kappa shape index (κ3) is 5.15. The van der Waals surface area contributed by atoms with E-state index in [0.717, 1.165) is 4.88 Å². The highest BCUT2D eigenvalue weighted by molar-refractivity contribution is 7.13. The molecule has 0 aliphatic carbocycles. The highest BCUT2D eigenvalue weighted by atomic mass is 35.5. The molecule has 0 fully saturated rings. The van der Waals surface area contributed by atoms with Crippen LogP contribution in [-0.2, 0) is 11.2 Å². The third-order valence-electron chi connectivity index (χ3n) is 4.80. The minimum atomic E-state index is -1.21. The lowest BCUT2D eigenvalue weighted by Gasteiger charge is -2.25. The maximum Gasteiger partial charge on any atom is 0.269 e. The predicted molar refractivity (Wildman–Crippen MR) is 129 cm³/mol. The molecule has 1 aromatic carbocycles. The van der Waals surface area contributed by atoms with Gasteiger partial charge < -0.3 is 10.1 Å². The Kier molecular flexibility index (Phi) is 6.35. The molecule has 2 N–H and O–H groups in total. The second-order valence-corrected chi connectivity index (χ2v) is 9.12. The van der Waals surface area contributed by atoms with E-state index in [1.807, 2.05) is 24.4 Å². The maximum absolute atomic E-state index is 13.2. The lowest BCUT2D eigenvalue weighted by atomic mass is 10.1. The summed E-state index contributed by atoms with van der Waals surface area (Å²) in [5, 5.41) is 9.98. The number of aryl methyl sites for hydroxylation is 1. The first kappa shape index (κ1) is 22.8. The summed E-state index contributed by atoms with van der Waals surface area (Å²) in [4.78, 5) is 33.4. The van der Waals surface area contributed by atoms with Crippen LogP contribution in [0.2, 0.25) is 5.02 Å². The molecule has 0 saturated heterocycles. The standard InChI is InChI=1S/C23H22ClN5O3S/c1-4-15-12-20(30)27-22(25-15)29-19(13-17(28-29)18-6-5-11-33-18)26-21(31)23(2,3)32-16-9-7-14(24)8-10-16/h5-13H,4H2,1-3H3,(H,26,31)(H,25,27,30). The van der Waals surface area contributed by atoms with Crippen molar-refractivity contribution >= 4 is 34.7 Å². The van der Waals surface area contributed by atoms with Gasteiger partial charge in [-0.15, -0.1) is 11.3 Å². The minimum absolute atomic E-state index is 0.217. The molecule has 1 amide bonds. The van der Waals surface area contributed by atoms with Crippen LogP contribution in [0.25, 0.3) is 16.5 Å². The Morgan fingerprint density at radius 3 is 2.67 bits per heavy atom. The number of carbonyl (C=O) groups excluding carboxylic acids is 1.